The van der Waals surface area contributed by atoms with Gasteiger partial charge in [-0.1, -0.05) is 19.9 Å². The van der Waals surface area contributed by atoms with Crippen LogP contribution in [0.2, 0.25) is 0 Å². The van der Waals surface area contributed by atoms with Crippen LogP contribution >= 0.6 is 0 Å². The monoisotopic (exact) mass is 266 g/mol. The summed E-state index contributed by atoms with van der Waals surface area (Å²) in [5, 5.41) is 14.3. The molecular weight excluding hydrogens is 244 g/mol. The predicted octanol–water partition coefficient (Wildman–Crippen LogP) is 3.84. The van der Waals surface area contributed by atoms with Gasteiger partial charge in [0.2, 0.25) is 0 Å². The Morgan fingerprint density at radius 3 is 2.53 bits per heavy atom. The summed E-state index contributed by atoms with van der Waals surface area (Å²) in [5.74, 6) is 0.871. The SMILES string of the molecule is CC(C)CCNc1cccc(OC(C)C)c1[N+](=O)[O-]. The number of nitrogens with zero attached hydrogens (tertiary/aromatic N) is 1. The summed E-state index contributed by atoms with van der Waals surface area (Å²) < 4.78 is 5.49. The van der Waals surface area contributed by atoms with E-state index in [-0.39, 0.29) is 11.8 Å². The maximum Gasteiger partial charge on any atom is 0.333 e. The van der Waals surface area contributed by atoms with Gasteiger partial charge in [-0.05, 0) is 38.3 Å². The second kappa shape index (κ2) is 6.97. The second-order valence-electron chi connectivity index (χ2n) is 5.19. The van der Waals surface area contributed by atoms with E-state index < -0.39 is 4.92 Å². The van der Waals surface area contributed by atoms with Crippen LogP contribution in [0.25, 0.3) is 0 Å². The normalized spacial score (nSPS) is 10.8. The highest BCUT2D eigenvalue weighted by Gasteiger charge is 2.21. The Kier molecular flexibility index (Phi) is 5.60. The number of rotatable bonds is 7. The molecule has 0 bridgehead atoms. The van der Waals surface area contributed by atoms with Crippen LogP contribution in [0.5, 0.6) is 5.75 Å². The lowest BCUT2D eigenvalue weighted by molar-refractivity contribution is -0.385. The Balaban J connectivity index is 2.93. The number of ether oxygens (including phenoxy) is 1. The van der Waals surface area contributed by atoms with Gasteiger partial charge in [0.05, 0.1) is 11.0 Å². The lowest BCUT2D eigenvalue weighted by atomic mass is 10.1. The lowest BCUT2D eigenvalue weighted by Crippen LogP contribution is -2.10. The molecule has 19 heavy (non-hydrogen) atoms. The van der Waals surface area contributed by atoms with Crippen LogP contribution in [0.1, 0.15) is 34.1 Å². The van der Waals surface area contributed by atoms with Gasteiger partial charge in [0, 0.05) is 6.54 Å². The van der Waals surface area contributed by atoms with E-state index in [9.17, 15) is 10.1 Å². The molecule has 0 unspecified atom stereocenters. The zero-order chi connectivity index (χ0) is 14.4. The van der Waals surface area contributed by atoms with E-state index in [1.807, 2.05) is 13.8 Å². The number of nitro groups is 1. The molecule has 0 aliphatic heterocycles. The van der Waals surface area contributed by atoms with Gasteiger partial charge in [-0.25, -0.2) is 0 Å². The molecule has 0 fully saturated rings. The molecule has 1 N–H and O–H groups in total. The van der Waals surface area contributed by atoms with E-state index in [4.69, 9.17) is 4.74 Å². The van der Waals surface area contributed by atoms with Crippen molar-refractivity contribution in [1.82, 2.24) is 0 Å². The molecule has 1 aromatic rings. The van der Waals surface area contributed by atoms with Crippen molar-refractivity contribution in [3.63, 3.8) is 0 Å². The fourth-order valence-corrected chi connectivity index (χ4v) is 1.70. The number of anilines is 1. The first-order chi connectivity index (χ1) is 8.91. The van der Waals surface area contributed by atoms with E-state index >= 15 is 0 Å². The van der Waals surface area contributed by atoms with Crippen molar-refractivity contribution in [2.24, 2.45) is 5.92 Å². The number of nitrogens with one attached hydrogen (secondary N) is 1. The number of nitro benzene ring substituents is 1. The molecule has 0 atom stereocenters. The molecule has 0 heterocycles. The molecule has 0 amide bonds. The first-order valence-corrected chi connectivity index (χ1v) is 6.59. The van der Waals surface area contributed by atoms with Gasteiger partial charge in [0.15, 0.2) is 5.75 Å². The minimum Gasteiger partial charge on any atom is -0.484 e. The van der Waals surface area contributed by atoms with E-state index in [1.54, 1.807) is 18.2 Å². The van der Waals surface area contributed by atoms with Crippen molar-refractivity contribution in [1.29, 1.82) is 0 Å². The summed E-state index contributed by atoms with van der Waals surface area (Å²) in [6.07, 6.45) is 0.872. The van der Waals surface area contributed by atoms with Gasteiger partial charge in [-0.3, -0.25) is 10.1 Å². The van der Waals surface area contributed by atoms with Gasteiger partial charge in [0.25, 0.3) is 0 Å². The molecule has 5 heteroatoms. The maximum absolute atomic E-state index is 11.2. The molecule has 0 radical (unpaired) electrons. The van der Waals surface area contributed by atoms with Crippen molar-refractivity contribution in [2.75, 3.05) is 11.9 Å². The number of para-hydroxylation sites is 1. The summed E-state index contributed by atoms with van der Waals surface area (Å²) in [5.41, 5.74) is 0.531. The van der Waals surface area contributed by atoms with Crippen molar-refractivity contribution < 1.29 is 9.66 Å². The Labute approximate surface area is 114 Å². The molecule has 1 aromatic carbocycles. The first-order valence-electron chi connectivity index (χ1n) is 6.59. The van der Waals surface area contributed by atoms with Crippen molar-refractivity contribution in [3.05, 3.63) is 28.3 Å². The zero-order valence-electron chi connectivity index (χ0n) is 12.0. The van der Waals surface area contributed by atoms with Crippen molar-refractivity contribution in [2.45, 2.75) is 40.2 Å². The van der Waals surface area contributed by atoms with E-state index in [0.717, 1.165) is 6.42 Å². The minimum atomic E-state index is -0.393. The Morgan fingerprint density at radius 2 is 2.00 bits per heavy atom. The standard InChI is InChI=1S/C14H22N2O3/c1-10(2)8-9-15-12-6-5-7-13(19-11(3)4)14(12)16(17)18/h5-7,10-11,15H,8-9H2,1-4H3. The summed E-state index contributed by atoms with van der Waals surface area (Å²) in [7, 11) is 0. The largest absolute Gasteiger partial charge is 0.484 e. The average Bonchev–Trinajstić information content (AvgIpc) is 2.27. The van der Waals surface area contributed by atoms with Gasteiger partial charge in [0.1, 0.15) is 5.69 Å². The highest BCUT2D eigenvalue weighted by Crippen LogP contribution is 2.35. The number of benzene rings is 1. The molecule has 0 saturated carbocycles. The number of hydrogen-bond donors (Lipinski definition) is 1. The van der Waals surface area contributed by atoms with Crippen molar-refractivity contribution in [3.8, 4) is 5.75 Å². The van der Waals surface area contributed by atoms with Gasteiger partial charge in [-0.2, -0.15) is 0 Å². The van der Waals surface area contributed by atoms with E-state index in [0.29, 0.717) is 23.9 Å². The highest BCUT2D eigenvalue weighted by molar-refractivity contribution is 5.68. The molecule has 0 aliphatic carbocycles. The third-order valence-electron chi connectivity index (χ3n) is 2.58. The topological polar surface area (TPSA) is 64.4 Å². The van der Waals surface area contributed by atoms with Crippen LogP contribution in [-0.2, 0) is 0 Å². The molecular formula is C14H22N2O3. The Morgan fingerprint density at radius 1 is 1.32 bits per heavy atom. The Hall–Kier alpha value is -1.78. The van der Waals surface area contributed by atoms with Gasteiger partial charge < -0.3 is 10.1 Å². The van der Waals surface area contributed by atoms with E-state index in [1.165, 1.54) is 0 Å². The smallest absolute Gasteiger partial charge is 0.333 e. The van der Waals surface area contributed by atoms with Gasteiger partial charge in [-0.15, -0.1) is 0 Å². The second-order valence-corrected chi connectivity index (χ2v) is 5.19. The fourth-order valence-electron chi connectivity index (χ4n) is 1.70. The summed E-state index contributed by atoms with van der Waals surface area (Å²) in [4.78, 5) is 10.8. The fraction of sp³-hybridized carbons (Fsp3) is 0.571. The molecule has 0 saturated heterocycles. The Bertz CT molecular complexity index is 431. The first kappa shape index (κ1) is 15.3. The summed E-state index contributed by atoms with van der Waals surface area (Å²) in [6.45, 7) is 8.65. The molecule has 5 nitrogen and oxygen atoms in total. The van der Waals surface area contributed by atoms with Crippen LogP contribution in [0.4, 0.5) is 11.4 Å². The van der Waals surface area contributed by atoms with Crippen LogP contribution < -0.4 is 10.1 Å². The molecule has 0 spiro atoms. The number of hydrogen-bond acceptors (Lipinski definition) is 4. The third kappa shape index (κ3) is 4.77. The molecule has 1 rings (SSSR count). The lowest BCUT2D eigenvalue weighted by Gasteiger charge is -2.13. The quantitative estimate of drug-likeness (QED) is 0.601. The van der Waals surface area contributed by atoms with Gasteiger partial charge >= 0.3 is 5.69 Å². The zero-order valence-corrected chi connectivity index (χ0v) is 12.0. The molecule has 106 valence electrons. The predicted molar refractivity (Wildman–Crippen MR) is 76.8 cm³/mol. The molecule has 0 aliphatic rings. The average molecular weight is 266 g/mol. The third-order valence-corrected chi connectivity index (χ3v) is 2.58. The van der Waals surface area contributed by atoms with Crippen molar-refractivity contribution >= 4 is 11.4 Å². The minimum absolute atomic E-state index is 0.0138. The van der Waals surface area contributed by atoms with E-state index in [2.05, 4.69) is 19.2 Å². The van der Waals surface area contributed by atoms with Crippen LogP contribution in [0, 0.1) is 16.0 Å². The molecule has 0 aromatic heterocycles. The highest BCUT2D eigenvalue weighted by atomic mass is 16.6. The summed E-state index contributed by atoms with van der Waals surface area (Å²) >= 11 is 0. The van der Waals surface area contributed by atoms with Crippen LogP contribution in [0.15, 0.2) is 18.2 Å². The van der Waals surface area contributed by atoms with Crippen LogP contribution in [0.3, 0.4) is 0 Å². The summed E-state index contributed by atoms with van der Waals surface area (Å²) in [6, 6.07) is 5.11. The van der Waals surface area contributed by atoms with Crippen LogP contribution in [-0.4, -0.2) is 17.6 Å². The maximum atomic E-state index is 11.2.